The lowest BCUT2D eigenvalue weighted by Gasteiger charge is -2.21. The number of nitrogens with one attached hydrogen (secondary N) is 1. The Morgan fingerprint density at radius 2 is 1.78 bits per heavy atom. The molecule has 0 aliphatic heterocycles. The van der Waals surface area contributed by atoms with E-state index < -0.39 is 36.1 Å². The van der Waals surface area contributed by atoms with Gasteiger partial charge < -0.3 is 20.3 Å². The van der Waals surface area contributed by atoms with Crippen molar-refractivity contribution in [3.8, 4) is 0 Å². The Labute approximate surface area is 104 Å². The fraction of sp³-hybridized carbons (Fsp3) is 0.545. The molecule has 0 radical (unpaired) electrons. The molecule has 0 aromatic rings. The van der Waals surface area contributed by atoms with Crippen LogP contribution in [0, 0.1) is 0 Å². The average molecular weight is 259 g/mol. The van der Waals surface area contributed by atoms with Crippen molar-refractivity contribution >= 4 is 18.0 Å². The van der Waals surface area contributed by atoms with Crippen LogP contribution in [0.4, 0.5) is 4.79 Å². The van der Waals surface area contributed by atoms with Gasteiger partial charge >= 0.3 is 18.0 Å². The second-order valence-corrected chi connectivity index (χ2v) is 4.65. The number of carboxylic acids is 2. The van der Waals surface area contributed by atoms with Crippen LogP contribution in [-0.4, -0.2) is 39.9 Å². The van der Waals surface area contributed by atoms with Crippen molar-refractivity contribution in [1.82, 2.24) is 5.32 Å². The van der Waals surface area contributed by atoms with Gasteiger partial charge in [0.25, 0.3) is 0 Å². The molecule has 0 fully saturated rings. The summed E-state index contributed by atoms with van der Waals surface area (Å²) in [6.45, 7) is 8.07. The van der Waals surface area contributed by atoms with Gasteiger partial charge in [0.1, 0.15) is 11.6 Å². The van der Waals surface area contributed by atoms with Gasteiger partial charge in [0, 0.05) is 12.0 Å². The molecule has 1 amide bonds. The van der Waals surface area contributed by atoms with E-state index in [4.69, 9.17) is 14.9 Å². The van der Waals surface area contributed by atoms with Crippen molar-refractivity contribution in [3.05, 3.63) is 12.2 Å². The molecule has 3 N–H and O–H groups in total. The molecule has 0 aliphatic rings. The molecular weight excluding hydrogens is 242 g/mol. The van der Waals surface area contributed by atoms with Crippen LogP contribution in [0.3, 0.4) is 0 Å². The quantitative estimate of drug-likeness (QED) is 0.635. The lowest BCUT2D eigenvalue weighted by Crippen LogP contribution is -2.44. The molecular formula is C11H17NO6. The van der Waals surface area contributed by atoms with Crippen LogP contribution in [0.25, 0.3) is 0 Å². The third kappa shape index (κ3) is 6.51. The van der Waals surface area contributed by atoms with Crippen LogP contribution < -0.4 is 5.32 Å². The summed E-state index contributed by atoms with van der Waals surface area (Å²) in [5.41, 5.74) is -1.07. The van der Waals surface area contributed by atoms with Gasteiger partial charge in [-0.25, -0.2) is 14.4 Å². The molecule has 102 valence electrons. The lowest BCUT2D eigenvalue weighted by molar-refractivity contribution is -0.139. The second kappa shape index (κ2) is 6.04. The van der Waals surface area contributed by atoms with Gasteiger partial charge in [-0.1, -0.05) is 6.58 Å². The smallest absolute Gasteiger partial charge is 0.408 e. The van der Waals surface area contributed by atoms with Gasteiger partial charge in [0.15, 0.2) is 0 Å². The van der Waals surface area contributed by atoms with Crippen LogP contribution in [0.2, 0.25) is 0 Å². The SMILES string of the molecule is C=C(C[C@@H](NC(=O)OC(C)(C)C)C(=O)O)C(=O)O. The van der Waals surface area contributed by atoms with Gasteiger partial charge in [-0.3, -0.25) is 0 Å². The number of hydrogen-bond donors (Lipinski definition) is 3. The predicted octanol–water partition coefficient (Wildman–Crippen LogP) is 0.995. The number of aliphatic carboxylic acids is 2. The summed E-state index contributed by atoms with van der Waals surface area (Å²) in [6, 6.07) is -1.39. The van der Waals surface area contributed by atoms with E-state index in [1.165, 1.54) is 0 Å². The van der Waals surface area contributed by atoms with E-state index in [-0.39, 0.29) is 5.57 Å². The van der Waals surface area contributed by atoms with Crippen molar-refractivity contribution in [2.75, 3.05) is 0 Å². The van der Waals surface area contributed by atoms with Gasteiger partial charge in [-0.2, -0.15) is 0 Å². The zero-order chi connectivity index (χ0) is 14.5. The van der Waals surface area contributed by atoms with Crippen molar-refractivity contribution < 1.29 is 29.3 Å². The minimum absolute atomic E-state index is 0.307. The summed E-state index contributed by atoms with van der Waals surface area (Å²) in [7, 11) is 0. The Hall–Kier alpha value is -2.05. The Kier molecular flexibility index (Phi) is 5.35. The molecule has 7 nitrogen and oxygen atoms in total. The Morgan fingerprint density at radius 3 is 2.11 bits per heavy atom. The molecule has 1 atom stereocenters. The molecule has 0 aromatic carbocycles. The first-order valence-corrected chi connectivity index (χ1v) is 5.16. The molecule has 7 heteroatoms. The molecule has 18 heavy (non-hydrogen) atoms. The summed E-state index contributed by atoms with van der Waals surface area (Å²) in [4.78, 5) is 32.7. The summed E-state index contributed by atoms with van der Waals surface area (Å²) in [6.07, 6.45) is -1.32. The maximum Gasteiger partial charge on any atom is 0.408 e. The van der Waals surface area contributed by atoms with E-state index in [1.807, 2.05) is 0 Å². The van der Waals surface area contributed by atoms with Crippen molar-refractivity contribution in [3.63, 3.8) is 0 Å². The lowest BCUT2D eigenvalue weighted by atomic mass is 10.1. The predicted molar refractivity (Wildman–Crippen MR) is 62.2 cm³/mol. The number of ether oxygens (including phenoxy) is 1. The topological polar surface area (TPSA) is 113 Å². The third-order valence-corrected chi connectivity index (χ3v) is 1.74. The fourth-order valence-electron chi connectivity index (χ4n) is 0.984. The van der Waals surface area contributed by atoms with Crippen molar-refractivity contribution in [2.24, 2.45) is 0 Å². The maximum atomic E-state index is 11.4. The highest BCUT2D eigenvalue weighted by molar-refractivity contribution is 5.88. The standard InChI is InChI=1S/C11H17NO6/c1-6(8(13)14)5-7(9(15)16)12-10(17)18-11(2,3)4/h7H,1,5H2,2-4H3,(H,12,17)(H,13,14)(H,15,16)/t7-/m1/s1. The molecule has 0 rings (SSSR count). The molecule has 0 aromatic heterocycles. The van der Waals surface area contributed by atoms with E-state index >= 15 is 0 Å². The molecule has 0 bridgehead atoms. The zero-order valence-corrected chi connectivity index (χ0v) is 10.5. The van der Waals surface area contributed by atoms with E-state index in [2.05, 4.69) is 11.9 Å². The number of carbonyl (C=O) groups excluding carboxylic acids is 1. The monoisotopic (exact) mass is 259 g/mol. The average Bonchev–Trinajstić information content (AvgIpc) is 2.12. The molecule has 0 unspecified atom stereocenters. The Morgan fingerprint density at radius 1 is 1.28 bits per heavy atom. The van der Waals surface area contributed by atoms with E-state index in [0.717, 1.165) is 0 Å². The summed E-state index contributed by atoms with van der Waals surface area (Å²) in [5, 5.41) is 19.5. The molecule has 0 aliphatic carbocycles. The van der Waals surface area contributed by atoms with Crippen LogP contribution in [-0.2, 0) is 14.3 Å². The molecule has 0 saturated carbocycles. The van der Waals surface area contributed by atoms with Gasteiger partial charge in [0.05, 0.1) is 0 Å². The van der Waals surface area contributed by atoms with Gasteiger partial charge in [0.2, 0.25) is 0 Å². The van der Waals surface area contributed by atoms with E-state index in [0.29, 0.717) is 0 Å². The number of hydrogen-bond acceptors (Lipinski definition) is 4. The number of alkyl carbamates (subject to hydrolysis) is 1. The number of amides is 1. The van der Waals surface area contributed by atoms with Crippen LogP contribution in [0.1, 0.15) is 27.2 Å². The first-order chi connectivity index (χ1) is 8.03. The molecule has 0 saturated heterocycles. The van der Waals surface area contributed by atoms with Gasteiger partial charge in [-0.15, -0.1) is 0 Å². The van der Waals surface area contributed by atoms with E-state index in [1.54, 1.807) is 20.8 Å². The highest BCUT2D eigenvalue weighted by Crippen LogP contribution is 2.09. The first kappa shape index (κ1) is 16.0. The maximum absolute atomic E-state index is 11.4. The summed E-state index contributed by atoms with van der Waals surface area (Å²) >= 11 is 0. The minimum Gasteiger partial charge on any atom is -0.480 e. The molecule has 0 heterocycles. The van der Waals surface area contributed by atoms with Crippen LogP contribution in [0.15, 0.2) is 12.2 Å². The van der Waals surface area contributed by atoms with Crippen LogP contribution in [0.5, 0.6) is 0 Å². The number of carboxylic acid groups (broad SMARTS) is 2. The minimum atomic E-state index is -1.39. The Bertz CT molecular complexity index is 368. The normalized spacial score (nSPS) is 12.4. The van der Waals surface area contributed by atoms with Crippen LogP contribution >= 0.6 is 0 Å². The first-order valence-electron chi connectivity index (χ1n) is 5.16. The summed E-state index contributed by atoms with van der Waals surface area (Å²) < 4.78 is 4.87. The van der Waals surface area contributed by atoms with E-state index in [9.17, 15) is 14.4 Å². The summed E-state index contributed by atoms with van der Waals surface area (Å²) in [5.74, 6) is -2.67. The van der Waals surface area contributed by atoms with Crippen molar-refractivity contribution in [2.45, 2.75) is 38.8 Å². The molecule has 0 spiro atoms. The third-order valence-electron chi connectivity index (χ3n) is 1.74. The number of carbonyl (C=O) groups is 3. The van der Waals surface area contributed by atoms with Crippen molar-refractivity contribution in [1.29, 1.82) is 0 Å². The highest BCUT2D eigenvalue weighted by Gasteiger charge is 2.25. The zero-order valence-electron chi connectivity index (χ0n) is 10.5. The fourth-order valence-corrected chi connectivity index (χ4v) is 0.984. The second-order valence-electron chi connectivity index (χ2n) is 4.65. The number of rotatable bonds is 5. The Balaban J connectivity index is 4.55. The van der Waals surface area contributed by atoms with Gasteiger partial charge in [-0.05, 0) is 20.8 Å². The highest BCUT2D eigenvalue weighted by atomic mass is 16.6. The largest absolute Gasteiger partial charge is 0.480 e.